The third kappa shape index (κ3) is 5.81. The molecule has 34 heavy (non-hydrogen) atoms. The number of morpholine rings is 1. The molecule has 0 aliphatic carbocycles. The lowest BCUT2D eigenvalue weighted by Crippen LogP contribution is -2.36. The van der Waals surface area contributed by atoms with E-state index in [0.29, 0.717) is 17.1 Å². The molecule has 6 N–H and O–H groups in total. The maximum absolute atomic E-state index is 11.9. The van der Waals surface area contributed by atoms with E-state index in [-0.39, 0.29) is 17.0 Å². The lowest BCUT2D eigenvalue weighted by atomic mass is 10.2. The summed E-state index contributed by atoms with van der Waals surface area (Å²) in [6.07, 6.45) is 1.40. The largest absolute Gasteiger partial charge is 0.380 e. The van der Waals surface area contributed by atoms with Crippen LogP contribution in [-0.2, 0) is 21.3 Å². The van der Waals surface area contributed by atoms with Crippen molar-refractivity contribution in [3.63, 3.8) is 0 Å². The second-order valence-electron chi connectivity index (χ2n) is 7.80. The maximum atomic E-state index is 11.9. The summed E-state index contributed by atoms with van der Waals surface area (Å²) in [7, 11) is -3.81. The van der Waals surface area contributed by atoms with Crippen molar-refractivity contribution in [2.45, 2.75) is 11.4 Å². The summed E-state index contributed by atoms with van der Waals surface area (Å²) in [5.74, 6) is -0.111. The molecule has 1 aliphatic heterocycles. The van der Waals surface area contributed by atoms with E-state index in [2.05, 4.69) is 20.5 Å². The number of ether oxygens (including phenoxy) is 1. The zero-order chi connectivity index (χ0) is 24.1. The molecule has 0 atom stereocenters. The Bertz CT molecular complexity index is 1270. The van der Waals surface area contributed by atoms with E-state index in [9.17, 15) is 13.2 Å². The molecule has 11 heteroatoms. The number of hydrogen-bond donors (Lipinski definition) is 4. The van der Waals surface area contributed by atoms with Crippen LogP contribution in [-0.4, -0.2) is 45.6 Å². The summed E-state index contributed by atoms with van der Waals surface area (Å²) < 4.78 is 28.6. The number of primary sulfonamides is 1. The molecule has 178 valence electrons. The van der Waals surface area contributed by atoms with Crippen LogP contribution in [0.1, 0.15) is 15.9 Å². The van der Waals surface area contributed by atoms with Gasteiger partial charge in [0.1, 0.15) is 5.82 Å². The Labute approximate surface area is 198 Å². The number of nitrogens with zero attached hydrogens (tertiary/aromatic N) is 2. The summed E-state index contributed by atoms with van der Waals surface area (Å²) in [6.45, 7) is 3.41. The highest BCUT2D eigenvalue weighted by molar-refractivity contribution is 7.89. The van der Waals surface area contributed by atoms with E-state index in [1.165, 1.54) is 18.3 Å². The van der Waals surface area contributed by atoms with Gasteiger partial charge in [0.15, 0.2) is 0 Å². The third-order valence-electron chi connectivity index (χ3n) is 5.40. The SMILES string of the molecule is NC(=O)c1cnc(Nc2ccc(N3CCOCC3)cc2)cc1NCc1cccc(S(N)(=O)=O)c1. The Kier molecular flexibility index (Phi) is 6.96. The van der Waals surface area contributed by atoms with Crippen molar-refractivity contribution in [3.8, 4) is 0 Å². The molecular formula is C23H26N6O4S. The molecule has 0 radical (unpaired) electrons. The Hall–Kier alpha value is -3.67. The number of rotatable bonds is 8. The Morgan fingerprint density at radius 2 is 1.82 bits per heavy atom. The summed E-state index contributed by atoms with van der Waals surface area (Å²) in [5.41, 5.74) is 8.82. The zero-order valence-corrected chi connectivity index (χ0v) is 19.2. The number of benzene rings is 2. The van der Waals surface area contributed by atoms with Gasteiger partial charge in [-0.2, -0.15) is 0 Å². The number of aromatic nitrogens is 1. The van der Waals surface area contributed by atoms with Crippen LogP contribution >= 0.6 is 0 Å². The first-order valence-corrected chi connectivity index (χ1v) is 12.2. The standard InChI is InChI=1S/C23H26N6O4S/c24-23(30)20-15-27-22(28-17-4-6-18(7-5-17)29-8-10-33-11-9-29)13-21(20)26-14-16-2-1-3-19(12-16)34(25,31)32/h1-7,12-13,15H,8-11,14H2,(H2,24,30)(H2,25,31,32)(H2,26,27,28). The summed E-state index contributed by atoms with van der Waals surface area (Å²) >= 11 is 0. The topological polar surface area (TPSA) is 153 Å². The normalized spacial score (nSPS) is 14.0. The zero-order valence-electron chi connectivity index (χ0n) is 18.4. The number of primary amides is 1. The fourth-order valence-corrected chi connectivity index (χ4v) is 4.20. The number of carbonyl (C=O) groups is 1. The van der Waals surface area contributed by atoms with E-state index in [1.807, 2.05) is 24.3 Å². The molecule has 1 fully saturated rings. The van der Waals surface area contributed by atoms with Crippen LogP contribution in [0.4, 0.5) is 22.9 Å². The first-order chi connectivity index (χ1) is 16.3. The van der Waals surface area contributed by atoms with Gasteiger partial charge in [0.05, 0.1) is 29.4 Å². The third-order valence-corrected chi connectivity index (χ3v) is 6.31. The summed E-state index contributed by atoms with van der Waals surface area (Å²) in [6, 6.07) is 15.9. The smallest absolute Gasteiger partial charge is 0.252 e. The van der Waals surface area contributed by atoms with Crippen molar-refractivity contribution < 1.29 is 17.9 Å². The average Bonchev–Trinajstić information content (AvgIpc) is 2.83. The predicted molar refractivity (Wildman–Crippen MR) is 131 cm³/mol. The van der Waals surface area contributed by atoms with E-state index in [4.69, 9.17) is 15.6 Å². The number of carbonyl (C=O) groups excluding carboxylic acids is 1. The van der Waals surface area contributed by atoms with Gasteiger partial charge >= 0.3 is 0 Å². The van der Waals surface area contributed by atoms with Crippen LogP contribution in [0.3, 0.4) is 0 Å². The Morgan fingerprint density at radius 1 is 1.09 bits per heavy atom. The van der Waals surface area contributed by atoms with Crippen LogP contribution in [0.25, 0.3) is 0 Å². The van der Waals surface area contributed by atoms with Gasteiger partial charge in [0, 0.05) is 43.3 Å². The quantitative estimate of drug-likeness (QED) is 0.380. The molecule has 10 nitrogen and oxygen atoms in total. The highest BCUT2D eigenvalue weighted by atomic mass is 32.2. The summed E-state index contributed by atoms with van der Waals surface area (Å²) in [4.78, 5) is 18.5. The highest BCUT2D eigenvalue weighted by Crippen LogP contribution is 2.24. The molecule has 3 aromatic rings. The average molecular weight is 483 g/mol. The van der Waals surface area contributed by atoms with Gasteiger partial charge in [-0.1, -0.05) is 12.1 Å². The molecule has 2 aromatic carbocycles. The first kappa shape index (κ1) is 23.5. The van der Waals surface area contributed by atoms with Crippen molar-refractivity contribution in [2.75, 3.05) is 41.8 Å². The molecular weight excluding hydrogens is 456 g/mol. The number of nitrogens with one attached hydrogen (secondary N) is 2. The van der Waals surface area contributed by atoms with E-state index < -0.39 is 15.9 Å². The minimum absolute atomic E-state index is 0.0135. The van der Waals surface area contributed by atoms with E-state index in [1.54, 1.807) is 18.2 Å². The molecule has 2 heterocycles. The molecule has 0 saturated carbocycles. The lowest BCUT2D eigenvalue weighted by Gasteiger charge is -2.28. The van der Waals surface area contributed by atoms with Crippen molar-refractivity contribution in [1.82, 2.24) is 4.98 Å². The van der Waals surface area contributed by atoms with Crippen LogP contribution in [0.5, 0.6) is 0 Å². The molecule has 1 aliphatic rings. The predicted octanol–water partition coefficient (Wildman–Crippen LogP) is 2.02. The van der Waals surface area contributed by atoms with Gasteiger partial charge in [-0.05, 0) is 42.0 Å². The van der Waals surface area contributed by atoms with Gasteiger partial charge in [-0.15, -0.1) is 0 Å². The fraction of sp³-hybridized carbons (Fsp3) is 0.217. The molecule has 0 unspecified atom stereocenters. The van der Waals surface area contributed by atoms with Crippen LogP contribution in [0, 0.1) is 0 Å². The van der Waals surface area contributed by atoms with Crippen LogP contribution in [0.15, 0.2) is 65.7 Å². The molecule has 1 aromatic heterocycles. The maximum Gasteiger partial charge on any atom is 0.252 e. The number of nitrogens with two attached hydrogens (primary N) is 2. The van der Waals surface area contributed by atoms with E-state index in [0.717, 1.165) is 37.7 Å². The second-order valence-corrected chi connectivity index (χ2v) is 9.36. The number of pyridine rings is 1. The van der Waals surface area contributed by atoms with Gasteiger partial charge in [-0.3, -0.25) is 4.79 Å². The number of hydrogen-bond acceptors (Lipinski definition) is 8. The molecule has 1 amide bonds. The van der Waals surface area contributed by atoms with Gasteiger partial charge in [-0.25, -0.2) is 18.5 Å². The second kappa shape index (κ2) is 10.1. The molecule has 4 rings (SSSR count). The van der Waals surface area contributed by atoms with Crippen molar-refractivity contribution in [3.05, 3.63) is 71.9 Å². The fourth-order valence-electron chi connectivity index (χ4n) is 3.62. The minimum Gasteiger partial charge on any atom is -0.380 e. The van der Waals surface area contributed by atoms with Crippen LogP contribution < -0.4 is 26.4 Å². The Morgan fingerprint density at radius 3 is 2.50 bits per heavy atom. The van der Waals surface area contributed by atoms with Gasteiger partial charge in [0.25, 0.3) is 5.91 Å². The van der Waals surface area contributed by atoms with Gasteiger partial charge in [0.2, 0.25) is 10.0 Å². The van der Waals surface area contributed by atoms with Crippen molar-refractivity contribution in [2.24, 2.45) is 10.9 Å². The van der Waals surface area contributed by atoms with E-state index >= 15 is 0 Å². The molecule has 0 bridgehead atoms. The highest BCUT2D eigenvalue weighted by Gasteiger charge is 2.13. The molecule has 1 saturated heterocycles. The summed E-state index contributed by atoms with van der Waals surface area (Å²) in [5, 5.41) is 11.6. The minimum atomic E-state index is -3.81. The Balaban J connectivity index is 1.49. The number of amides is 1. The lowest BCUT2D eigenvalue weighted by molar-refractivity contribution is 0.100. The van der Waals surface area contributed by atoms with Crippen LogP contribution in [0.2, 0.25) is 0 Å². The van der Waals surface area contributed by atoms with Crippen molar-refractivity contribution >= 4 is 38.8 Å². The number of anilines is 4. The molecule has 0 spiro atoms. The van der Waals surface area contributed by atoms with Crippen molar-refractivity contribution in [1.29, 1.82) is 0 Å². The first-order valence-electron chi connectivity index (χ1n) is 10.6. The number of sulfonamides is 1. The monoisotopic (exact) mass is 482 g/mol. The van der Waals surface area contributed by atoms with Gasteiger partial charge < -0.3 is 26.0 Å².